The fourth-order valence-corrected chi connectivity index (χ4v) is 7.82. The number of carbonyl (C=O) groups is 1. The number of sulfone groups is 1. The third kappa shape index (κ3) is 2.87. The van der Waals surface area contributed by atoms with Gasteiger partial charge in [0.2, 0.25) is 13.9 Å². The van der Waals surface area contributed by atoms with Gasteiger partial charge < -0.3 is 0 Å². The fourth-order valence-electron chi connectivity index (χ4n) is 3.14. The van der Waals surface area contributed by atoms with E-state index in [9.17, 15) is 17.4 Å². The van der Waals surface area contributed by atoms with Gasteiger partial charge in [0.15, 0.2) is 5.78 Å². The average molecular weight is 389 g/mol. The predicted molar refractivity (Wildman–Crippen MR) is 103 cm³/mol. The molecule has 0 amide bonds. The van der Waals surface area contributed by atoms with E-state index < -0.39 is 30.5 Å². The number of ketones is 1. The van der Waals surface area contributed by atoms with Gasteiger partial charge in [0.05, 0.1) is 15.7 Å². The van der Waals surface area contributed by atoms with Crippen LogP contribution in [0.2, 0.25) is 0 Å². The van der Waals surface area contributed by atoms with Crippen LogP contribution >= 0.6 is 0 Å². The van der Waals surface area contributed by atoms with Crippen LogP contribution < -0.4 is 0 Å². The van der Waals surface area contributed by atoms with Gasteiger partial charge in [-0.2, -0.15) is 0 Å². The molecule has 0 saturated carbocycles. The number of hydrogen-bond donors (Lipinski definition) is 0. The molecule has 1 aliphatic heterocycles. The van der Waals surface area contributed by atoms with Crippen LogP contribution in [0.5, 0.6) is 0 Å². The van der Waals surface area contributed by atoms with Crippen LogP contribution in [0.25, 0.3) is 0 Å². The third-order valence-corrected chi connectivity index (χ3v) is 9.88. The zero-order valence-corrected chi connectivity index (χ0v) is 16.3. The Bertz CT molecular complexity index is 993. The van der Waals surface area contributed by atoms with Crippen LogP contribution in [-0.2, 0) is 20.6 Å². The van der Waals surface area contributed by atoms with E-state index in [1.54, 1.807) is 55.5 Å². The SMILES string of the molecule is CC1=C(C)CC(C(=O)c2ccccc2)(S(=O)(=O)c2ccccc2)S(=O)C1. The van der Waals surface area contributed by atoms with Crippen molar-refractivity contribution in [2.24, 2.45) is 0 Å². The van der Waals surface area contributed by atoms with Crippen molar-refractivity contribution < 1.29 is 17.4 Å². The zero-order chi connectivity index (χ0) is 18.9. The Labute approximate surface area is 156 Å². The Morgan fingerprint density at radius 2 is 1.46 bits per heavy atom. The van der Waals surface area contributed by atoms with E-state index >= 15 is 0 Å². The Balaban J connectivity index is 2.28. The van der Waals surface area contributed by atoms with Gasteiger partial charge in [-0.25, -0.2) is 8.42 Å². The van der Waals surface area contributed by atoms with Crippen LogP contribution in [0.3, 0.4) is 0 Å². The molecule has 0 spiro atoms. The second-order valence-corrected chi connectivity index (χ2v) is 10.6. The summed E-state index contributed by atoms with van der Waals surface area (Å²) in [5.41, 5.74) is 1.93. The minimum absolute atomic E-state index is 0.0185. The summed E-state index contributed by atoms with van der Waals surface area (Å²) in [5, 5.41) is 0. The van der Waals surface area contributed by atoms with E-state index in [0.29, 0.717) is 0 Å². The molecule has 0 N–H and O–H groups in total. The first kappa shape index (κ1) is 18.7. The molecule has 4 nitrogen and oxygen atoms in total. The lowest BCUT2D eigenvalue weighted by atomic mass is 9.99. The molecule has 2 aromatic rings. The van der Waals surface area contributed by atoms with Crippen molar-refractivity contribution in [3.05, 3.63) is 77.4 Å². The molecular formula is C20H20O4S2. The van der Waals surface area contributed by atoms with Crippen molar-refractivity contribution in [1.82, 2.24) is 0 Å². The van der Waals surface area contributed by atoms with Crippen LogP contribution in [-0.4, -0.2) is 28.2 Å². The van der Waals surface area contributed by atoms with Gasteiger partial charge in [0, 0.05) is 17.7 Å². The number of rotatable bonds is 4. The van der Waals surface area contributed by atoms with Gasteiger partial charge in [-0.1, -0.05) is 59.7 Å². The number of carbonyl (C=O) groups excluding carboxylic acids is 1. The molecule has 2 aromatic carbocycles. The lowest BCUT2D eigenvalue weighted by molar-refractivity contribution is 0.0972. The van der Waals surface area contributed by atoms with E-state index in [1.807, 2.05) is 6.92 Å². The lowest BCUT2D eigenvalue weighted by Crippen LogP contribution is -2.53. The molecule has 26 heavy (non-hydrogen) atoms. The van der Waals surface area contributed by atoms with Crippen molar-refractivity contribution in [2.45, 2.75) is 29.2 Å². The number of Topliss-reactive ketones (excluding diaryl/α,β-unsaturated/α-hetero) is 1. The van der Waals surface area contributed by atoms with Gasteiger partial charge in [-0.3, -0.25) is 9.00 Å². The molecule has 6 heteroatoms. The highest BCUT2D eigenvalue weighted by molar-refractivity contribution is 8.09. The maximum Gasteiger partial charge on any atom is 0.217 e. The van der Waals surface area contributed by atoms with Gasteiger partial charge in [-0.05, 0) is 26.0 Å². The Kier molecular flexibility index (Phi) is 4.99. The number of hydrogen-bond acceptors (Lipinski definition) is 4. The van der Waals surface area contributed by atoms with Crippen molar-refractivity contribution in [1.29, 1.82) is 0 Å². The largest absolute Gasteiger partial charge is 0.291 e. The quantitative estimate of drug-likeness (QED) is 0.594. The molecule has 1 heterocycles. The molecule has 0 aromatic heterocycles. The molecule has 0 aliphatic carbocycles. The third-order valence-electron chi connectivity index (χ3n) is 4.81. The number of benzene rings is 2. The standard InChI is InChI=1S/C20H20O4S2/c1-15-13-20(25(22)14-16(15)2,19(21)17-9-5-3-6-10-17)26(23,24)18-11-7-4-8-12-18/h3-12H,13-14H2,1-2H3. The Morgan fingerprint density at radius 3 is 2.04 bits per heavy atom. The minimum atomic E-state index is -4.16. The smallest absolute Gasteiger partial charge is 0.217 e. The molecule has 2 atom stereocenters. The first-order chi connectivity index (χ1) is 12.3. The summed E-state index contributed by atoms with van der Waals surface area (Å²) in [7, 11) is -6.04. The highest BCUT2D eigenvalue weighted by Gasteiger charge is 2.57. The Hall–Kier alpha value is -2.05. The molecule has 136 valence electrons. The molecule has 1 aliphatic rings. The predicted octanol–water partition coefficient (Wildman–Crippen LogP) is 3.53. The summed E-state index contributed by atoms with van der Waals surface area (Å²) in [6.45, 7) is 3.64. The maximum absolute atomic E-state index is 13.6. The van der Waals surface area contributed by atoms with E-state index in [2.05, 4.69) is 0 Å². The summed E-state index contributed by atoms with van der Waals surface area (Å²) >= 11 is 0. The molecule has 0 fully saturated rings. The highest BCUT2D eigenvalue weighted by atomic mass is 32.3. The summed E-state index contributed by atoms with van der Waals surface area (Å²) in [6, 6.07) is 16.1. The van der Waals surface area contributed by atoms with E-state index in [-0.39, 0.29) is 22.6 Å². The van der Waals surface area contributed by atoms with Crippen molar-refractivity contribution in [3.8, 4) is 0 Å². The molecule has 3 rings (SSSR count). The van der Waals surface area contributed by atoms with Gasteiger partial charge in [0.25, 0.3) is 0 Å². The zero-order valence-electron chi connectivity index (χ0n) is 14.6. The van der Waals surface area contributed by atoms with Crippen LogP contribution in [0.4, 0.5) is 0 Å². The monoisotopic (exact) mass is 388 g/mol. The minimum Gasteiger partial charge on any atom is -0.291 e. The summed E-state index contributed by atoms with van der Waals surface area (Å²) < 4.78 is 38.3. The van der Waals surface area contributed by atoms with Crippen molar-refractivity contribution in [2.75, 3.05) is 5.75 Å². The summed E-state index contributed by atoms with van der Waals surface area (Å²) in [4.78, 5) is 13.4. The second-order valence-electron chi connectivity index (χ2n) is 6.49. The second kappa shape index (κ2) is 6.93. The first-order valence-electron chi connectivity index (χ1n) is 8.24. The van der Waals surface area contributed by atoms with Gasteiger partial charge in [0.1, 0.15) is 0 Å². The first-order valence-corrected chi connectivity index (χ1v) is 11.0. The highest BCUT2D eigenvalue weighted by Crippen LogP contribution is 2.42. The van der Waals surface area contributed by atoms with Crippen molar-refractivity contribution in [3.63, 3.8) is 0 Å². The molecule has 0 radical (unpaired) electrons. The molecular weight excluding hydrogens is 368 g/mol. The van der Waals surface area contributed by atoms with E-state index in [1.165, 1.54) is 12.1 Å². The Morgan fingerprint density at radius 1 is 0.923 bits per heavy atom. The van der Waals surface area contributed by atoms with E-state index in [0.717, 1.165) is 11.1 Å². The average Bonchev–Trinajstić information content (AvgIpc) is 2.65. The van der Waals surface area contributed by atoms with Crippen LogP contribution in [0, 0.1) is 0 Å². The molecule has 0 bridgehead atoms. The lowest BCUT2D eigenvalue weighted by Gasteiger charge is -2.35. The molecule has 0 saturated heterocycles. The van der Waals surface area contributed by atoms with Gasteiger partial charge in [-0.15, -0.1) is 0 Å². The maximum atomic E-state index is 13.6. The topological polar surface area (TPSA) is 68.3 Å². The van der Waals surface area contributed by atoms with Crippen LogP contribution in [0.1, 0.15) is 30.6 Å². The fraction of sp³-hybridized carbons (Fsp3) is 0.250. The van der Waals surface area contributed by atoms with Gasteiger partial charge >= 0.3 is 0 Å². The normalized spacial score (nSPS) is 23.7. The van der Waals surface area contributed by atoms with Crippen molar-refractivity contribution >= 4 is 26.4 Å². The number of allylic oxidation sites excluding steroid dienone is 1. The van der Waals surface area contributed by atoms with Crippen LogP contribution in [0.15, 0.2) is 76.7 Å². The molecule has 2 unspecified atom stereocenters. The summed E-state index contributed by atoms with van der Waals surface area (Å²) in [6.07, 6.45) is -0.0591. The summed E-state index contributed by atoms with van der Waals surface area (Å²) in [5.74, 6) is -0.525. The van der Waals surface area contributed by atoms with E-state index in [4.69, 9.17) is 0 Å².